The van der Waals surface area contributed by atoms with Crippen molar-refractivity contribution in [1.82, 2.24) is 10.3 Å². The Labute approximate surface area is 103 Å². The van der Waals surface area contributed by atoms with Crippen molar-refractivity contribution in [3.8, 4) is 5.75 Å². The van der Waals surface area contributed by atoms with E-state index in [1.54, 1.807) is 6.07 Å². The summed E-state index contributed by atoms with van der Waals surface area (Å²) in [5.41, 5.74) is 3.19. The van der Waals surface area contributed by atoms with Crippen LogP contribution in [-0.2, 0) is 0 Å². The Kier molecular flexibility index (Phi) is 4.94. The first-order valence-electron chi connectivity index (χ1n) is 5.28. The highest BCUT2D eigenvalue weighted by atomic mass is 19.4. The normalized spacial score (nSPS) is 13.7. The monoisotopic (exact) mass is 263 g/mol. The molecular weight excluding hydrogens is 247 g/mol. The summed E-state index contributed by atoms with van der Waals surface area (Å²) in [7, 11) is 3.70. The first-order chi connectivity index (χ1) is 8.31. The first kappa shape index (κ1) is 14.7. The van der Waals surface area contributed by atoms with E-state index in [0.717, 1.165) is 0 Å². The molecule has 1 atom stereocenters. The van der Waals surface area contributed by atoms with Crippen molar-refractivity contribution >= 4 is 0 Å². The molecule has 1 unspecified atom stereocenters. The average molecular weight is 263 g/mol. The number of hydrogen-bond acceptors (Lipinski definition) is 4. The summed E-state index contributed by atoms with van der Waals surface area (Å²) in [5, 5.41) is 0. The van der Waals surface area contributed by atoms with Crippen LogP contribution in [0.25, 0.3) is 0 Å². The van der Waals surface area contributed by atoms with Gasteiger partial charge in [0.05, 0.1) is 6.04 Å². The van der Waals surface area contributed by atoms with Crippen molar-refractivity contribution in [2.75, 3.05) is 20.6 Å². The van der Waals surface area contributed by atoms with E-state index in [-0.39, 0.29) is 11.8 Å². The van der Waals surface area contributed by atoms with Crippen molar-refractivity contribution in [2.45, 2.75) is 12.4 Å². The van der Waals surface area contributed by atoms with Gasteiger partial charge in [-0.05, 0) is 31.8 Å². The number of benzene rings is 1. The molecule has 102 valence electrons. The summed E-state index contributed by atoms with van der Waals surface area (Å²) in [6, 6.07) is 5.49. The molecule has 0 bridgehead atoms. The molecule has 18 heavy (non-hydrogen) atoms. The quantitative estimate of drug-likeness (QED) is 0.626. The third kappa shape index (κ3) is 4.91. The number of hydrazine groups is 1. The molecule has 3 N–H and O–H groups in total. The number of likely N-dealkylation sites (N-methyl/N-ethyl adjacent to an activating group) is 1. The number of ether oxygens (including phenoxy) is 1. The molecule has 0 saturated heterocycles. The van der Waals surface area contributed by atoms with Crippen LogP contribution in [0.2, 0.25) is 0 Å². The van der Waals surface area contributed by atoms with Gasteiger partial charge in [-0.25, -0.2) is 0 Å². The van der Waals surface area contributed by atoms with Crippen LogP contribution in [0.15, 0.2) is 24.3 Å². The van der Waals surface area contributed by atoms with Gasteiger partial charge in [0.15, 0.2) is 0 Å². The fourth-order valence-electron chi connectivity index (χ4n) is 1.55. The van der Waals surface area contributed by atoms with Crippen LogP contribution in [0.3, 0.4) is 0 Å². The number of rotatable bonds is 5. The second-order valence-electron chi connectivity index (χ2n) is 4.10. The first-order valence-corrected chi connectivity index (χ1v) is 5.28. The van der Waals surface area contributed by atoms with E-state index in [1.807, 2.05) is 19.0 Å². The van der Waals surface area contributed by atoms with Gasteiger partial charge in [-0.15, -0.1) is 13.2 Å². The molecule has 1 rings (SSSR count). The van der Waals surface area contributed by atoms with Gasteiger partial charge >= 0.3 is 6.36 Å². The molecule has 0 aliphatic heterocycles. The van der Waals surface area contributed by atoms with E-state index in [2.05, 4.69) is 10.2 Å². The van der Waals surface area contributed by atoms with E-state index >= 15 is 0 Å². The third-order valence-electron chi connectivity index (χ3n) is 2.24. The van der Waals surface area contributed by atoms with E-state index in [0.29, 0.717) is 12.1 Å². The van der Waals surface area contributed by atoms with Gasteiger partial charge in [0.1, 0.15) is 5.75 Å². The predicted molar refractivity (Wildman–Crippen MR) is 61.7 cm³/mol. The lowest BCUT2D eigenvalue weighted by Gasteiger charge is -2.21. The van der Waals surface area contributed by atoms with Gasteiger partial charge in [-0.1, -0.05) is 12.1 Å². The average Bonchev–Trinajstić information content (AvgIpc) is 2.23. The van der Waals surface area contributed by atoms with Crippen LogP contribution in [0.4, 0.5) is 13.2 Å². The molecule has 4 nitrogen and oxygen atoms in total. The zero-order valence-corrected chi connectivity index (χ0v) is 10.2. The number of hydrogen-bond donors (Lipinski definition) is 2. The van der Waals surface area contributed by atoms with E-state index in [9.17, 15) is 13.2 Å². The van der Waals surface area contributed by atoms with Crippen LogP contribution in [0.5, 0.6) is 5.75 Å². The Morgan fingerprint density at radius 3 is 2.56 bits per heavy atom. The minimum Gasteiger partial charge on any atom is -0.406 e. The molecule has 0 heterocycles. The molecule has 0 aliphatic carbocycles. The SMILES string of the molecule is CN(C)CC(NN)c1cccc(OC(F)(F)F)c1. The topological polar surface area (TPSA) is 50.5 Å². The second-order valence-corrected chi connectivity index (χ2v) is 4.10. The van der Waals surface area contributed by atoms with E-state index < -0.39 is 6.36 Å². The number of halogens is 3. The van der Waals surface area contributed by atoms with Gasteiger partial charge < -0.3 is 9.64 Å². The van der Waals surface area contributed by atoms with Crippen molar-refractivity contribution in [2.24, 2.45) is 5.84 Å². The Morgan fingerprint density at radius 2 is 2.06 bits per heavy atom. The zero-order valence-electron chi connectivity index (χ0n) is 10.2. The van der Waals surface area contributed by atoms with Crippen LogP contribution < -0.4 is 16.0 Å². The highest BCUT2D eigenvalue weighted by Gasteiger charge is 2.31. The Balaban J connectivity index is 2.86. The van der Waals surface area contributed by atoms with Crippen LogP contribution in [0.1, 0.15) is 11.6 Å². The summed E-state index contributed by atoms with van der Waals surface area (Å²) in [6.45, 7) is 0.561. The maximum atomic E-state index is 12.1. The molecule has 0 radical (unpaired) electrons. The van der Waals surface area contributed by atoms with Crippen LogP contribution in [-0.4, -0.2) is 31.9 Å². The minimum absolute atomic E-state index is 0.251. The van der Waals surface area contributed by atoms with Gasteiger partial charge in [0.2, 0.25) is 0 Å². The van der Waals surface area contributed by atoms with Crippen molar-refractivity contribution in [3.63, 3.8) is 0 Å². The molecule has 1 aromatic rings. The third-order valence-corrected chi connectivity index (χ3v) is 2.24. The Bertz CT molecular complexity index is 382. The highest BCUT2D eigenvalue weighted by Crippen LogP contribution is 2.25. The summed E-state index contributed by atoms with van der Waals surface area (Å²) >= 11 is 0. The molecule has 0 aliphatic rings. The lowest BCUT2D eigenvalue weighted by atomic mass is 10.1. The maximum Gasteiger partial charge on any atom is 0.573 e. The molecule has 0 spiro atoms. The van der Waals surface area contributed by atoms with Gasteiger partial charge in [-0.2, -0.15) is 0 Å². The molecule has 0 saturated carbocycles. The Morgan fingerprint density at radius 1 is 1.39 bits per heavy atom. The van der Waals surface area contributed by atoms with Crippen molar-refractivity contribution < 1.29 is 17.9 Å². The number of alkyl halides is 3. The number of nitrogens with one attached hydrogen (secondary N) is 1. The molecule has 0 aromatic heterocycles. The fourth-order valence-corrected chi connectivity index (χ4v) is 1.55. The molecule has 0 fully saturated rings. The van der Waals surface area contributed by atoms with Crippen molar-refractivity contribution in [3.05, 3.63) is 29.8 Å². The number of nitrogens with two attached hydrogens (primary N) is 1. The molecule has 0 amide bonds. The van der Waals surface area contributed by atoms with Gasteiger partial charge in [-0.3, -0.25) is 11.3 Å². The maximum absolute atomic E-state index is 12.1. The van der Waals surface area contributed by atoms with E-state index in [1.165, 1.54) is 18.2 Å². The Hall–Kier alpha value is -1.31. The minimum atomic E-state index is -4.69. The van der Waals surface area contributed by atoms with Crippen molar-refractivity contribution in [1.29, 1.82) is 0 Å². The van der Waals surface area contributed by atoms with Crippen LogP contribution >= 0.6 is 0 Å². The fraction of sp³-hybridized carbons (Fsp3) is 0.455. The largest absolute Gasteiger partial charge is 0.573 e. The highest BCUT2D eigenvalue weighted by molar-refractivity contribution is 5.30. The standard InChI is InChI=1S/C11H16F3N3O/c1-17(2)7-10(16-15)8-4-3-5-9(6-8)18-11(12,13)14/h3-6,10,16H,7,15H2,1-2H3. The summed E-state index contributed by atoms with van der Waals surface area (Å²) in [5.74, 6) is 5.14. The zero-order chi connectivity index (χ0) is 13.8. The van der Waals surface area contributed by atoms with Gasteiger partial charge in [0, 0.05) is 6.54 Å². The summed E-state index contributed by atoms with van der Waals surface area (Å²) in [4.78, 5) is 1.88. The predicted octanol–water partition coefficient (Wildman–Crippen LogP) is 1.65. The lowest BCUT2D eigenvalue weighted by Crippen LogP contribution is -2.35. The van der Waals surface area contributed by atoms with Gasteiger partial charge in [0.25, 0.3) is 0 Å². The molecule has 1 aromatic carbocycles. The number of nitrogens with zero attached hydrogens (tertiary/aromatic N) is 1. The summed E-state index contributed by atoms with van der Waals surface area (Å²) in [6.07, 6.45) is -4.69. The summed E-state index contributed by atoms with van der Waals surface area (Å²) < 4.78 is 40.1. The van der Waals surface area contributed by atoms with Crippen LogP contribution in [0, 0.1) is 0 Å². The molecule has 7 heteroatoms. The van der Waals surface area contributed by atoms with E-state index in [4.69, 9.17) is 5.84 Å². The second kappa shape index (κ2) is 6.03. The molecular formula is C11H16F3N3O. The lowest BCUT2D eigenvalue weighted by molar-refractivity contribution is -0.274. The smallest absolute Gasteiger partial charge is 0.406 e.